The molecule has 2 rings (SSSR count). The van der Waals surface area contributed by atoms with Crippen LogP contribution in [0.3, 0.4) is 0 Å². The van der Waals surface area contributed by atoms with E-state index in [0.29, 0.717) is 18.6 Å². The number of pyridine rings is 1. The molecule has 1 unspecified atom stereocenters. The summed E-state index contributed by atoms with van der Waals surface area (Å²) in [5.74, 6) is 0.0852. The molecule has 2 heterocycles. The molecule has 98 valence electrons. The number of hydrogen-bond donors (Lipinski definition) is 0. The van der Waals surface area contributed by atoms with Gasteiger partial charge in [-0.1, -0.05) is 6.07 Å². The number of aldehydes is 1. The van der Waals surface area contributed by atoms with Crippen molar-refractivity contribution in [2.75, 3.05) is 0 Å². The lowest BCUT2D eigenvalue weighted by Crippen LogP contribution is -2.13. The Bertz CT molecular complexity index is 520. The average molecular weight is 257 g/mol. The van der Waals surface area contributed by atoms with Gasteiger partial charge in [0.1, 0.15) is 17.8 Å². The van der Waals surface area contributed by atoms with Crippen molar-refractivity contribution in [1.82, 2.24) is 4.98 Å². The third-order valence-corrected chi connectivity index (χ3v) is 2.96. The summed E-state index contributed by atoms with van der Waals surface area (Å²) in [7, 11) is 0. The molecule has 0 aliphatic heterocycles. The lowest BCUT2D eigenvalue weighted by molar-refractivity contribution is -0.122. The highest BCUT2D eigenvalue weighted by Crippen LogP contribution is 2.22. The lowest BCUT2D eigenvalue weighted by atomic mass is 9.94. The van der Waals surface area contributed by atoms with E-state index in [0.717, 1.165) is 12.0 Å². The van der Waals surface area contributed by atoms with Crippen LogP contribution in [0.15, 0.2) is 47.2 Å². The van der Waals surface area contributed by atoms with Crippen molar-refractivity contribution in [3.05, 3.63) is 54.2 Å². The Balaban J connectivity index is 1.98. The minimum absolute atomic E-state index is 0.00713. The van der Waals surface area contributed by atoms with Gasteiger partial charge in [0.2, 0.25) is 0 Å². The second-order valence-corrected chi connectivity index (χ2v) is 4.26. The van der Waals surface area contributed by atoms with Crippen molar-refractivity contribution in [3.8, 4) is 0 Å². The zero-order valence-corrected chi connectivity index (χ0v) is 10.5. The number of hydrogen-bond acceptors (Lipinski definition) is 4. The lowest BCUT2D eigenvalue weighted by Gasteiger charge is -2.10. The molecule has 0 aliphatic rings. The molecule has 2 aromatic rings. The summed E-state index contributed by atoms with van der Waals surface area (Å²) in [6.45, 7) is 0. The Morgan fingerprint density at radius 2 is 2.21 bits per heavy atom. The molecule has 0 radical (unpaired) electrons. The zero-order valence-electron chi connectivity index (χ0n) is 10.5. The minimum Gasteiger partial charge on any atom is -0.469 e. The van der Waals surface area contributed by atoms with Gasteiger partial charge in [0, 0.05) is 24.7 Å². The van der Waals surface area contributed by atoms with E-state index in [1.807, 2.05) is 18.2 Å². The summed E-state index contributed by atoms with van der Waals surface area (Å²) < 4.78 is 5.23. The van der Waals surface area contributed by atoms with E-state index < -0.39 is 5.92 Å². The summed E-state index contributed by atoms with van der Waals surface area (Å²) in [5.41, 5.74) is 0.875. The van der Waals surface area contributed by atoms with Crippen LogP contribution < -0.4 is 0 Å². The minimum atomic E-state index is -0.476. The standard InChI is InChI=1S/C15H15NO3/c17-10-8-13(15-5-3-11-19-15)14(18)7-6-12-4-1-2-9-16-12/h1-5,9-11,13H,6-8H2. The van der Waals surface area contributed by atoms with Crippen LogP contribution >= 0.6 is 0 Å². The van der Waals surface area contributed by atoms with Gasteiger partial charge in [0.25, 0.3) is 0 Å². The number of aromatic nitrogens is 1. The molecule has 4 heteroatoms. The predicted octanol–water partition coefficient (Wildman–Crippen LogP) is 2.55. The quantitative estimate of drug-likeness (QED) is 0.715. The number of rotatable bonds is 7. The van der Waals surface area contributed by atoms with Gasteiger partial charge < -0.3 is 9.21 Å². The first-order chi connectivity index (χ1) is 9.31. The molecule has 0 saturated heterocycles. The maximum atomic E-state index is 12.2. The van der Waals surface area contributed by atoms with Gasteiger partial charge in [0.15, 0.2) is 0 Å². The van der Waals surface area contributed by atoms with E-state index >= 15 is 0 Å². The third-order valence-electron chi connectivity index (χ3n) is 2.96. The first kappa shape index (κ1) is 13.2. The van der Waals surface area contributed by atoms with E-state index in [-0.39, 0.29) is 12.2 Å². The highest BCUT2D eigenvalue weighted by molar-refractivity contribution is 5.87. The number of ketones is 1. The Kier molecular flexibility index (Phi) is 4.61. The van der Waals surface area contributed by atoms with Gasteiger partial charge in [0.05, 0.1) is 12.2 Å². The van der Waals surface area contributed by atoms with E-state index in [4.69, 9.17) is 4.42 Å². The predicted molar refractivity (Wildman–Crippen MR) is 69.7 cm³/mol. The van der Waals surface area contributed by atoms with Gasteiger partial charge in [-0.3, -0.25) is 9.78 Å². The summed E-state index contributed by atoms with van der Waals surface area (Å²) >= 11 is 0. The van der Waals surface area contributed by atoms with E-state index in [9.17, 15) is 9.59 Å². The second kappa shape index (κ2) is 6.64. The summed E-state index contributed by atoms with van der Waals surface area (Å²) in [6.07, 6.45) is 5.07. The fraction of sp³-hybridized carbons (Fsp3) is 0.267. The van der Waals surface area contributed by atoms with Crippen LogP contribution in [0.5, 0.6) is 0 Å². The molecular weight excluding hydrogens is 242 g/mol. The number of Topliss-reactive ketones (excluding diaryl/α,β-unsaturated/α-hetero) is 1. The van der Waals surface area contributed by atoms with Crippen LogP contribution in [0, 0.1) is 0 Å². The van der Waals surface area contributed by atoms with Crippen LogP contribution in [0.2, 0.25) is 0 Å². The highest BCUT2D eigenvalue weighted by Gasteiger charge is 2.22. The maximum absolute atomic E-state index is 12.2. The van der Waals surface area contributed by atoms with Crippen LogP contribution in [0.4, 0.5) is 0 Å². The monoisotopic (exact) mass is 257 g/mol. The normalized spacial score (nSPS) is 12.0. The number of nitrogens with zero attached hydrogens (tertiary/aromatic N) is 1. The average Bonchev–Trinajstić information content (AvgIpc) is 2.97. The largest absolute Gasteiger partial charge is 0.469 e. The Hall–Kier alpha value is -2.23. The maximum Gasteiger partial charge on any atom is 0.144 e. The van der Waals surface area contributed by atoms with Crippen LogP contribution in [0.1, 0.15) is 30.2 Å². The molecule has 0 spiro atoms. The molecule has 1 atom stereocenters. The molecule has 19 heavy (non-hydrogen) atoms. The van der Waals surface area contributed by atoms with Crippen LogP contribution in [-0.2, 0) is 16.0 Å². The van der Waals surface area contributed by atoms with Crippen LogP contribution in [0.25, 0.3) is 0 Å². The highest BCUT2D eigenvalue weighted by atomic mass is 16.3. The first-order valence-electron chi connectivity index (χ1n) is 6.21. The number of carbonyl (C=O) groups excluding carboxylic acids is 2. The summed E-state index contributed by atoms with van der Waals surface area (Å²) in [5, 5.41) is 0. The van der Waals surface area contributed by atoms with Gasteiger partial charge in [-0.15, -0.1) is 0 Å². The molecule has 0 bridgehead atoms. The molecule has 0 N–H and O–H groups in total. The van der Waals surface area contributed by atoms with Gasteiger partial charge in [-0.25, -0.2) is 0 Å². The van der Waals surface area contributed by atoms with E-state index in [1.165, 1.54) is 6.26 Å². The Labute approximate surface area is 111 Å². The summed E-state index contributed by atoms with van der Waals surface area (Å²) in [4.78, 5) is 27.0. The van der Waals surface area contributed by atoms with Crippen molar-refractivity contribution in [1.29, 1.82) is 0 Å². The smallest absolute Gasteiger partial charge is 0.144 e. The Morgan fingerprint density at radius 3 is 2.84 bits per heavy atom. The van der Waals surface area contributed by atoms with Crippen molar-refractivity contribution >= 4 is 12.1 Å². The van der Waals surface area contributed by atoms with Crippen molar-refractivity contribution < 1.29 is 14.0 Å². The third kappa shape index (κ3) is 3.61. The van der Waals surface area contributed by atoms with Crippen LogP contribution in [-0.4, -0.2) is 17.1 Å². The second-order valence-electron chi connectivity index (χ2n) is 4.26. The Morgan fingerprint density at radius 1 is 1.32 bits per heavy atom. The molecule has 0 aliphatic carbocycles. The molecular formula is C15H15NO3. The van der Waals surface area contributed by atoms with Crippen molar-refractivity contribution in [2.45, 2.75) is 25.2 Å². The number of carbonyl (C=O) groups is 2. The number of furan rings is 1. The van der Waals surface area contributed by atoms with Crippen molar-refractivity contribution in [3.63, 3.8) is 0 Å². The topological polar surface area (TPSA) is 60.2 Å². The fourth-order valence-corrected chi connectivity index (χ4v) is 1.96. The molecule has 2 aromatic heterocycles. The van der Waals surface area contributed by atoms with Gasteiger partial charge >= 0.3 is 0 Å². The molecule has 0 saturated carbocycles. The molecule has 0 amide bonds. The van der Waals surface area contributed by atoms with E-state index in [1.54, 1.807) is 18.3 Å². The molecule has 4 nitrogen and oxygen atoms in total. The van der Waals surface area contributed by atoms with Gasteiger partial charge in [-0.2, -0.15) is 0 Å². The fourth-order valence-electron chi connectivity index (χ4n) is 1.96. The number of aryl methyl sites for hydroxylation is 1. The molecule has 0 fully saturated rings. The van der Waals surface area contributed by atoms with Gasteiger partial charge in [-0.05, 0) is 30.7 Å². The SMILES string of the molecule is O=CCC(C(=O)CCc1ccccn1)c1ccco1. The van der Waals surface area contributed by atoms with E-state index in [2.05, 4.69) is 4.98 Å². The zero-order chi connectivity index (χ0) is 13.5. The summed E-state index contributed by atoms with van der Waals surface area (Å²) in [6, 6.07) is 9.06. The first-order valence-corrected chi connectivity index (χ1v) is 6.21. The molecule has 0 aromatic carbocycles. The van der Waals surface area contributed by atoms with Crippen molar-refractivity contribution in [2.24, 2.45) is 0 Å².